The summed E-state index contributed by atoms with van der Waals surface area (Å²) in [4.78, 5) is 23.3. The van der Waals surface area contributed by atoms with Gasteiger partial charge in [-0.05, 0) is 12.8 Å². The molecular formula is C15H24N4O2. The van der Waals surface area contributed by atoms with Crippen LogP contribution in [0.3, 0.4) is 0 Å². The molecule has 0 aromatic carbocycles. The van der Waals surface area contributed by atoms with E-state index in [1.165, 1.54) is 0 Å². The van der Waals surface area contributed by atoms with Gasteiger partial charge in [0.25, 0.3) is 5.91 Å². The molecule has 0 aliphatic carbocycles. The molecule has 6 nitrogen and oxygen atoms in total. The zero-order valence-electron chi connectivity index (χ0n) is 13.2. The minimum absolute atomic E-state index is 0.0294. The molecule has 0 unspecified atom stereocenters. The molecule has 2 heterocycles. The molecular weight excluding hydrogens is 268 g/mol. The Kier molecular flexibility index (Phi) is 5.12. The zero-order valence-corrected chi connectivity index (χ0v) is 13.2. The van der Waals surface area contributed by atoms with E-state index in [2.05, 4.69) is 15.3 Å². The number of rotatable bonds is 4. The Balaban J connectivity index is 2.20. The third kappa shape index (κ3) is 3.50. The zero-order chi connectivity index (χ0) is 15.4. The molecule has 6 heteroatoms. The lowest BCUT2D eigenvalue weighted by atomic mass is 10.1. The van der Waals surface area contributed by atoms with Gasteiger partial charge in [-0.15, -0.1) is 0 Å². The molecule has 0 saturated carbocycles. The fourth-order valence-electron chi connectivity index (χ4n) is 2.46. The van der Waals surface area contributed by atoms with Crippen molar-refractivity contribution in [2.24, 2.45) is 0 Å². The van der Waals surface area contributed by atoms with Crippen LogP contribution in [0.25, 0.3) is 0 Å². The first-order valence-electron chi connectivity index (χ1n) is 7.43. The van der Waals surface area contributed by atoms with Crippen molar-refractivity contribution in [2.45, 2.75) is 38.7 Å². The first kappa shape index (κ1) is 15.7. The van der Waals surface area contributed by atoms with Gasteiger partial charge in [-0.1, -0.05) is 13.8 Å². The fourth-order valence-corrected chi connectivity index (χ4v) is 2.46. The highest BCUT2D eigenvalue weighted by molar-refractivity contribution is 5.97. The standard InChI is InChI=1S/C15H24N4O2/c1-10(2)14-17-9-12(16-3)13(18-14)15(20)19-7-5-11(21-4)6-8-19/h9-11,16H,5-8H2,1-4H3. The van der Waals surface area contributed by atoms with Crippen LogP contribution in [0.15, 0.2) is 6.20 Å². The molecule has 116 valence electrons. The van der Waals surface area contributed by atoms with Crippen LogP contribution in [0.5, 0.6) is 0 Å². The molecule has 21 heavy (non-hydrogen) atoms. The molecule has 1 aromatic rings. The van der Waals surface area contributed by atoms with Gasteiger partial charge in [-0.2, -0.15) is 0 Å². The van der Waals surface area contributed by atoms with Crippen molar-refractivity contribution in [1.82, 2.24) is 14.9 Å². The maximum absolute atomic E-state index is 12.7. The molecule has 1 aliphatic rings. The summed E-state index contributed by atoms with van der Waals surface area (Å²) in [5.74, 6) is 0.865. The van der Waals surface area contributed by atoms with E-state index in [0.717, 1.165) is 12.8 Å². The Bertz CT molecular complexity index is 496. The minimum Gasteiger partial charge on any atom is -0.385 e. The maximum Gasteiger partial charge on any atom is 0.274 e. The lowest BCUT2D eigenvalue weighted by Gasteiger charge is -2.31. The number of aromatic nitrogens is 2. The summed E-state index contributed by atoms with van der Waals surface area (Å²) in [6.07, 6.45) is 3.70. The van der Waals surface area contributed by atoms with Gasteiger partial charge >= 0.3 is 0 Å². The lowest BCUT2D eigenvalue weighted by Crippen LogP contribution is -2.41. The summed E-state index contributed by atoms with van der Waals surface area (Å²) < 4.78 is 5.34. The van der Waals surface area contributed by atoms with Gasteiger partial charge in [0.05, 0.1) is 18.0 Å². The minimum atomic E-state index is -0.0294. The van der Waals surface area contributed by atoms with E-state index in [1.54, 1.807) is 20.4 Å². The number of piperidine rings is 1. The Hall–Kier alpha value is -1.69. The predicted molar refractivity (Wildman–Crippen MR) is 81.6 cm³/mol. The second-order valence-corrected chi connectivity index (χ2v) is 5.62. The Morgan fingerprint density at radius 3 is 2.62 bits per heavy atom. The summed E-state index contributed by atoms with van der Waals surface area (Å²) in [5.41, 5.74) is 1.14. The largest absolute Gasteiger partial charge is 0.385 e. The van der Waals surface area contributed by atoms with Crippen LogP contribution < -0.4 is 5.32 Å². The number of likely N-dealkylation sites (tertiary alicyclic amines) is 1. The summed E-state index contributed by atoms with van der Waals surface area (Å²) in [7, 11) is 3.50. The van der Waals surface area contributed by atoms with Crippen molar-refractivity contribution in [3.63, 3.8) is 0 Å². The van der Waals surface area contributed by atoms with E-state index < -0.39 is 0 Å². The lowest BCUT2D eigenvalue weighted by molar-refractivity contribution is 0.0348. The van der Waals surface area contributed by atoms with Crippen molar-refractivity contribution in [3.05, 3.63) is 17.7 Å². The highest BCUT2D eigenvalue weighted by Crippen LogP contribution is 2.20. The van der Waals surface area contributed by atoms with E-state index in [1.807, 2.05) is 18.7 Å². The van der Waals surface area contributed by atoms with Gasteiger partial charge in [0.1, 0.15) is 5.82 Å². The first-order chi connectivity index (χ1) is 10.1. The van der Waals surface area contributed by atoms with E-state index >= 15 is 0 Å². The molecule has 1 amide bonds. The van der Waals surface area contributed by atoms with Crippen LogP contribution in [0.2, 0.25) is 0 Å². The highest BCUT2D eigenvalue weighted by Gasteiger charge is 2.26. The van der Waals surface area contributed by atoms with E-state index in [-0.39, 0.29) is 17.9 Å². The van der Waals surface area contributed by atoms with Crippen LogP contribution in [0.4, 0.5) is 5.69 Å². The van der Waals surface area contributed by atoms with Crippen molar-refractivity contribution in [3.8, 4) is 0 Å². The number of amides is 1. The number of anilines is 1. The normalized spacial score (nSPS) is 16.3. The number of hydrogen-bond acceptors (Lipinski definition) is 5. The van der Waals surface area contributed by atoms with Gasteiger partial charge in [0.15, 0.2) is 5.69 Å². The maximum atomic E-state index is 12.7. The predicted octanol–water partition coefficient (Wildman–Crippen LogP) is 1.89. The SMILES string of the molecule is CNc1cnc(C(C)C)nc1C(=O)N1CCC(OC)CC1. The number of carbonyl (C=O) groups is 1. The number of nitrogens with zero attached hydrogens (tertiary/aromatic N) is 3. The fraction of sp³-hybridized carbons (Fsp3) is 0.667. The molecule has 1 aliphatic heterocycles. The monoisotopic (exact) mass is 292 g/mol. The van der Waals surface area contributed by atoms with Gasteiger partial charge in [0, 0.05) is 33.2 Å². The molecule has 0 atom stereocenters. The third-order valence-electron chi connectivity index (χ3n) is 3.86. The molecule has 0 spiro atoms. The summed E-state index contributed by atoms with van der Waals surface area (Å²) in [6.45, 7) is 5.46. The van der Waals surface area contributed by atoms with Gasteiger partial charge in [-0.3, -0.25) is 4.79 Å². The van der Waals surface area contributed by atoms with Gasteiger partial charge < -0.3 is 15.0 Å². The number of methoxy groups -OCH3 is 1. The molecule has 2 rings (SSSR count). The van der Waals surface area contributed by atoms with Crippen molar-refractivity contribution in [1.29, 1.82) is 0 Å². The molecule has 1 N–H and O–H groups in total. The number of ether oxygens (including phenoxy) is 1. The van der Waals surface area contributed by atoms with Crippen molar-refractivity contribution < 1.29 is 9.53 Å². The van der Waals surface area contributed by atoms with Crippen LogP contribution in [0.1, 0.15) is 48.9 Å². The van der Waals surface area contributed by atoms with Crippen LogP contribution in [-0.2, 0) is 4.74 Å². The number of carbonyl (C=O) groups excluding carboxylic acids is 1. The van der Waals surface area contributed by atoms with Gasteiger partial charge in [0.2, 0.25) is 0 Å². The van der Waals surface area contributed by atoms with E-state index in [0.29, 0.717) is 30.3 Å². The number of hydrogen-bond donors (Lipinski definition) is 1. The Morgan fingerprint density at radius 1 is 1.43 bits per heavy atom. The second kappa shape index (κ2) is 6.85. The quantitative estimate of drug-likeness (QED) is 0.918. The van der Waals surface area contributed by atoms with Gasteiger partial charge in [-0.25, -0.2) is 9.97 Å². The molecule has 1 aromatic heterocycles. The molecule has 1 saturated heterocycles. The smallest absolute Gasteiger partial charge is 0.274 e. The average molecular weight is 292 g/mol. The van der Waals surface area contributed by atoms with Crippen LogP contribution in [0, 0.1) is 0 Å². The van der Waals surface area contributed by atoms with E-state index in [4.69, 9.17) is 4.74 Å². The van der Waals surface area contributed by atoms with Crippen LogP contribution >= 0.6 is 0 Å². The molecule has 0 bridgehead atoms. The first-order valence-corrected chi connectivity index (χ1v) is 7.43. The summed E-state index contributed by atoms with van der Waals surface area (Å²) in [6, 6.07) is 0. The number of nitrogens with one attached hydrogen (secondary N) is 1. The molecule has 0 radical (unpaired) electrons. The summed E-state index contributed by atoms with van der Waals surface area (Å²) >= 11 is 0. The Morgan fingerprint density at radius 2 is 2.10 bits per heavy atom. The summed E-state index contributed by atoms with van der Waals surface area (Å²) in [5, 5.41) is 3.00. The topological polar surface area (TPSA) is 67.4 Å². The third-order valence-corrected chi connectivity index (χ3v) is 3.86. The van der Waals surface area contributed by atoms with E-state index in [9.17, 15) is 4.79 Å². The molecule has 1 fully saturated rings. The Labute approximate surface area is 125 Å². The van der Waals surface area contributed by atoms with Crippen LogP contribution in [-0.4, -0.2) is 54.1 Å². The average Bonchev–Trinajstić information content (AvgIpc) is 2.53. The highest BCUT2D eigenvalue weighted by atomic mass is 16.5. The van der Waals surface area contributed by atoms with Crippen molar-refractivity contribution >= 4 is 11.6 Å². The second-order valence-electron chi connectivity index (χ2n) is 5.62. The van der Waals surface area contributed by atoms with Crippen molar-refractivity contribution in [2.75, 3.05) is 32.6 Å².